The third-order valence-corrected chi connectivity index (χ3v) is 1.82. The molecule has 0 atom stereocenters. The number of carbonyl (C=O) groups excluding carboxylic acids is 1. The molecule has 0 aliphatic carbocycles. The number of urea groups is 1. The third-order valence-electron chi connectivity index (χ3n) is 1.82. The van der Waals surface area contributed by atoms with Gasteiger partial charge < -0.3 is 10.4 Å². The van der Waals surface area contributed by atoms with Gasteiger partial charge in [-0.3, -0.25) is 0 Å². The van der Waals surface area contributed by atoms with Crippen LogP contribution in [0.1, 0.15) is 13.8 Å². The number of carbonyl (C=O) groups is 2. The minimum atomic E-state index is -1.30. The van der Waals surface area contributed by atoms with E-state index in [1.54, 1.807) is 44.2 Å². The summed E-state index contributed by atoms with van der Waals surface area (Å²) in [7, 11) is 0. The van der Waals surface area contributed by atoms with E-state index in [1.807, 2.05) is 0 Å². The quantitative estimate of drug-likeness (QED) is 0.806. The molecule has 5 heteroatoms. The summed E-state index contributed by atoms with van der Waals surface area (Å²) in [6, 6.07) is 7.47. The highest BCUT2D eigenvalue weighted by molar-refractivity contribution is 6.10. The molecule has 0 radical (unpaired) electrons. The van der Waals surface area contributed by atoms with Crippen LogP contribution in [0.4, 0.5) is 15.3 Å². The lowest BCUT2D eigenvalue weighted by Crippen LogP contribution is -2.45. The van der Waals surface area contributed by atoms with Crippen LogP contribution in [-0.2, 0) is 0 Å². The number of imide groups is 1. The average Bonchev–Trinajstić information content (AvgIpc) is 2.17. The highest BCUT2D eigenvalue weighted by atomic mass is 16.4. The van der Waals surface area contributed by atoms with Crippen LogP contribution in [0.5, 0.6) is 0 Å². The number of hydrogen-bond acceptors (Lipinski definition) is 2. The van der Waals surface area contributed by atoms with Gasteiger partial charge in [0.1, 0.15) is 0 Å². The molecule has 1 aromatic rings. The summed E-state index contributed by atoms with van der Waals surface area (Å²) in [5, 5.41) is 11.5. The fourth-order valence-corrected chi connectivity index (χ4v) is 1.20. The molecule has 0 saturated heterocycles. The van der Waals surface area contributed by atoms with Crippen molar-refractivity contribution >= 4 is 17.8 Å². The Morgan fingerprint density at radius 1 is 1.25 bits per heavy atom. The van der Waals surface area contributed by atoms with E-state index >= 15 is 0 Å². The summed E-state index contributed by atoms with van der Waals surface area (Å²) in [5.41, 5.74) is 0.327. The van der Waals surface area contributed by atoms with Crippen molar-refractivity contribution in [2.45, 2.75) is 19.9 Å². The third kappa shape index (κ3) is 2.98. The summed E-state index contributed by atoms with van der Waals surface area (Å²) in [6.07, 6.45) is -1.30. The smallest absolute Gasteiger partial charge is 0.420 e. The molecule has 1 rings (SSSR count). The Labute approximate surface area is 93.7 Å². The average molecular weight is 222 g/mol. The Morgan fingerprint density at radius 3 is 2.25 bits per heavy atom. The molecular weight excluding hydrogens is 208 g/mol. The molecule has 0 aliphatic heterocycles. The van der Waals surface area contributed by atoms with Crippen molar-refractivity contribution in [2.24, 2.45) is 0 Å². The summed E-state index contributed by atoms with van der Waals surface area (Å²) < 4.78 is 0. The van der Waals surface area contributed by atoms with Gasteiger partial charge in [-0.15, -0.1) is 0 Å². The van der Waals surface area contributed by atoms with E-state index < -0.39 is 12.1 Å². The van der Waals surface area contributed by atoms with Crippen molar-refractivity contribution in [1.29, 1.82) is 0 Å². The predicted molar refractivity (Wildman–Crippen MR) is 60.6 cm³/mol. The molecule has 0 aliphatic rings. The first kappa shape index (κ1) is 12.0. The Hall–Kier alpha value is -2.04. The van der Waals surface area contributed by atoms with Gasteiger partial charge in [0.15, 0.2) is 0 Å². The highest BCUT2D eigenvalue weighted by Crippen LogP contribution is 2.13. The van der Waals surface area contributed by atoms with E-state index in [1.165, 1.54) is 0 Å². The van der Waals surface area contributed by atoms with Crippen LogP contribution >= 0.6 is 0 Å². The van der Waals surface area contributed by atoms with E-state index in [9.17, 15) is 9.59 Å². The van der Waals surface area contributed by atoms with Crippen LogP contribution in [0.25, 0.3) is 0 Å². The Morgan fingerprint density at radius 2 is 1.81 bits per heavy atom. The van der Waals surface area contributed by atoms with Gasteiger partial charge in [-0.2, -0.15) is 4.90 Å². The van der Waals surface area contributed by atoms with E-state index in [2.05, 4.69) is 5.32 Å². The van der Waals surface area contributed by atoms with Crippen LogP contribution in [-0.4, -0.2) is 23.3 Å². The van der Waals surface area contributed by atoms with Gasteiger partial charge in [-0.25, -0.2) is 9.59 Å². The number of para-hydroxylation sites is 1. The van der Waals surface area contributed by atoms with Crippen LogP contribution in [0.15, 0.2) is 30.3 Å². The number of hydrogen-bond donors (Lipinski definition) is 2. The molecule has 0 saturated carbocycles. The lowest BCUT2D eigenvalue weighted by Gasteiger charge is -2.19. The second-order valence-corrected chi connectivity index (χ2v) is 3.56. The monoisotopic (exact) mass is 222 g/mol. The fraction of sp³-hybridized carbons (Fsp3) is 0.273. The molecule has 0 spiro atoms. The molecule has 3 amide bonds. The number of anilines is 1. The molecule has 86 valence electrons. The molecule has 1 aromatic carbocycles. The first-order valence-electron chi connectivity index (χ1n) is 4.91. The van der Waals surface area contributed by atoms with Gasteiger partial charge in [0.05, 0.1) is 5.69 Å². The zero-order chi connectivity index (χ0) is 12.1. The van der Waals surface area contributed by atoms with Gasteiger partial charge in [-0.05, 0) is 26.0 Å². The molecule has 5 nitrogen and oxygen atoms in total. The second kappa shape index (κ2) is 5.16. The van der Waals surface area contributed by atoms with Crippen LogP contribution < -0.4 is 10.2 Å². The Bertz CT molecular complexity index is 376. The second-order valence-electron chi connectivity index (χ2n) is 3.56. The maximum atomic E-state index is 11.6. The number of rotatable bonds is 2. The van der Waals surface area contributed by atoms with Crippen molar-refractivity contribution in [2.75, 3.05) is 4.90 Å². The van der Waals surface area contributed by atoms with Crippen molar-refractivity contribution in [3.05, 3.63) is 30.3 Å². The maximum Gasteiger partial charge on any atom is 0.420 e. The Kier molecular flexibility index (Phi) is 3.88. The van der Waals surface area contributed by atoms with Crippen molar-refractivity contribution in [3.63, 3.8) is 0 Å². The summed E-state index contributed by atoms with van der Waals surface area (Å²) >= 11 is 0. The van der Waals surface area contributed by atoms with E-state index in [0.29, 0.717) is 10.6 Å². The zero-order valence-corrected chi connectivity index (χ0v) is 9.18. The standard InChI is InChI=1S/C11H14N2O3/c1-8(2)12-10(14)13(11(15)16)9-6-4-3-5-7-9/h3-8H,1-2H3,(H,12,14)(H,15,16). The van der Waals surface area contributed by atoms with Crippen molar-refractivity contribution in [1.82, 2.24) is 5.32 Å². The van der Waals surface area contributed by atoms with Gasteiger partial charge in [0, 0.05) is 6.04 Å². The van der Waals surface area contributed by atoms with E-state index in [0.717, 1.165) is 0 Å². The summed E-state index contributed by atoms with van der Waals surface area (Å²) in [5.74, 6) is 0. The molecule has 16 heavy (non-hydrogen) atoms. The van der Waals surface area contributed by atoms with Gasteiger partial charge in [-0.1, -0.05) is 18.2 Å². The minimum absolute atomic E-state index is 0.113. The lowest BCUT2D eigenvalue weighted by molar-refractivity contribution is 0.199. The highest BCUT2D eigenvalue weighted by Gasteiger charge is 2.22. The maximum absolute atomic E-state index is 11.6. The first-order chi connectivity index (χ1) is 7.52. The van der Waals surface area contributed by atoms with Gasteiger partial charge in [0.25, 0.3) is 0 Å². The van der Waals surface area contributed by atoms with Crippen LogP contribution in [0, 0.1) is 0 Å². The van der Waals surface area contributed by atoms with Crippen molar-refractivity contribution in [3.8, 4) is 0 Å². The molecule has 0 aromatic heterocycles. The number of amides is 3. The lowest BCUT2D eigenvalue weighted by atomic mass is 10.3. The van der Waals surface area contributed by atoms with Crippen molar-refractivity contribution < 1.29 is 14.7 Å². The minimum Gasteiger partial charge on any atom is -0.464 e. The molecule has 0 bridgehead atoms. The molecular formula is C11H14N2O3. The Balaban J connectivity index is 2.92. The SMILES string of the molecule is CC(C)NC(=O)N(C(=O)O)c1ccccc1. The summed E-state index contributed by atoms with van der Waals surface area (Å²) in [6.45, 7) is 3.53. The number of nitrogens with one attached hydrogen (secondary N) is 1. The molecule has 0 unspecified atom stereocenters. The zero-order valence-electron chi connectivity index (χ0n) is 9.18. The normalized spacial score (nSPS) is 9.94. The largest absolute Gasteiger partial charge is 0.464 e. The van der Waals surface area contributed by atoms with Crippen LogP contribution in [0.3, 0.4) is 0 Å². The fourth-order valence-electron chi connectivity index (χ4n) is 1.20. The number of carboxylic acid groups (broad SMARTS) is 1. The predicted octanol–water partition coefficient (Wildman–Crippen LogP) is 2.29. The van der Waals surface area contributed by atoms with Crippen LogP contribution in [0.2, 0.25) is 0 Å². The van der Waals surface area contributed by atoms with Gasteiger partial charge in [0.2, 0.25) is 0 Å². The van der Waals surface area contributed by atoms with E-state index in [4.69, 9.17) is 5.11 Å². The molecule has 2 N–H and O–H groups in total. The number of benzene rings is 1. The molecule has 0 heterocycles. The topological polar surface area (TPSA) is 69.6 Å². The molecule has 0 fully saturated rings. The van der Waals surface area contributed by atoms with Gasteiger partial charge >= 0.3 is 12.1 Å². The first-order valence-corrected chi connectivity index (χ1v) is 4.91. The number of nitrogens with zero attached hydrogens (tertiary/aromatic N) is 1. The van der Waals surface area contributed by atoms with E-state index in [-0.39, 0.29) is 6.04 Å². The summed E-state index contributed by atoms with van der Waals surface area (Å²) in [4.78, 5) is 23.3.